The number of benzene rings is 3. The maximum atomic E-state index is 13.9. The number of ether oxygens (including phenoxy) is 5. The van der Waals surface area contributed by atoms with Crippen LogP contribution < -0.4 is 24.8 Å². The number of carbonyl (C=O) groups excluding carboxylic acids is 2. The van der Waals surface area contributed by atoms with E-state index in [4.69, 9.17) is 14.2 Å². The second-order valence-corrected chi connectivity index (χ2v) is 12.6. The number of carbonyl (C=O) groups is 2. The second-order valence-electron chi connectivity index (χ2n) is 12.6. The van der Waals surface area contributed by atoms with Crippen LogP contribution in [0, 0.1) is 6.92 Å². The Morgan fingerprint density at radius 1 is 0.956 bits per heavy atom. The van der Waals surface area contributed by atoms with Crippen LogP contribution >= 0.6 is 0 Å². The van der Waals surface area contributed by atoms with Crippen LogP contribution in [0.2, 0.25) is 0 Å². The summed E-state index contributed by atoms with van der Waals surface area (Å²) < 4.78 is 54.2. The Bertz CT molecular complexity index is 1670. The lowest BCUT2D eigenvalue weighted by Crippen LogP contribution is -2.39. The van der Waals surface area contributed by atoms with E-state index < -0.39 is 23.6 Å². The Balaban J connectivity index is 1.09. The van der Waals surface area contributed by atoms with Crippen molar-refractivity contribution in [1.29, 1.82) is 0 Å². The van der Waals surface area contributed by atoms with Crippen LogP contribution in [0.3, 0.4) is 0 Å². The number of alkyl halides is 2. The zero-order valence-corrected chi connectivity index (χ0v) is 25.2. The summed E-state index contributed by atoms with van der Waals surface area (Å²) in [4.78, 5) is 26.9. The molecule has 2 amide bonds. The molecule has 3 aliphatic heterocycles. The van der Waals surface area contributed by atoms with Crippen LogP contribution in [0.5, 0.6) is 17.2 Å². The van der Waals surface area contributed by atoms with Crippen molar-refractivity contribution in [3.05, 3.63) is 88.5 Å². The van der Waals surface area contributed by atoms with Gasteiger partial charge >= 0.3 is 6.29 Å². The smallest absolute Gasteiger partial charge is 0.485 e. The lowest BCUT2D eigenvalue weighted by atomic mass is 9.89. The monoisotopic (exact) mass is 620 g/mol. The Kier molecular flexibility index (Phi) is 7.01. The number of nitrogens with one attached hydrogen (secondary N) is 2. The summed E-state index contributed by atoms with van der Waals surface area (Å²) in [6.45, 7) is 6.36. The molecule has 236 valence electrons. The van der Waals surface area contributed by atoms with Crippen molar-refractivity contribution >= 4 is 11.8 Å². The number of hydrogen-bond donors (Lipinski definition) is 2. The average molecular weight is 621 g/mol. The zero-order valence-electron chi connectivity index (χ0n) is 25.2. The number of amides is 2. The maximum Gasteiger partial charge on any atom is 0.586 e. The number of fused-ring (bicyclic) bond motifs is 2. The molecule has 4 aliphatic rings. The summed E-state index contributed by atoms with van der Waals surface area (Å²) in [6.07, 6.45) is -2.81. The summed E-state index contributed by atoms with van der Waals surface area (Å²) in [6, 6.07) is 17.3. The van der Waals surface area contributed by atoms with Gasteiger partial charge in [0, 0.05) is 24.1 Å². The molecule has 0 radical (unpaired) electrons. The zero-order chi connectivity index (χ0) is 31.6. The first-order valence-corrected chi connectivity index (χ1v) is 15.1. The molecule has 2 N–H and O–H groups in total. The molecular formula is C34H34F2N2O7. The molecular weight excluding hydrogens is 586 g/mol. The first kappa shape index (κ1) is 29.5. The van der Waals surface area contributed by atoms with Crippen LogP contribution in [0.15, 0.2) is 60.7 Å². The predicted octanol–water partition coefficient (Wildman–Crippen LogP) is 5.61. The SMILES string of the molecule is Cc1ccc2c(c1)O[C@@H](c1cccc(C(=O)NC[C@@H]3COC(C)(C)O3)c1)C[C@H]2NC(=O)C1(c2ccc3c(c2)OC(F)(F)O3)CC1. The molecule has 3 aromatic rings. The molecule has 0 unspecified atom stereocenters. The van der Waals surface area contributed by atoms with Gasteiger partial charge in [0.05, 0.1) is 18.1 Å². The summed E-state index contributed by atoms with van der Waals surface area (Å²) in [7, 11) is 0. The highest BCUT2D eigenvalue weighted by molar-refractivity contribution is 5.94. The van der Waals surface area contributed by atoms with Gasteiger partial charge in [-0.05, 0) is 80.6 Å². The molecule has 11 heteroatoms. The Morgan fingerprint density at radius 3 is 2.51 bits per heavy atom. The predicted molar refractivity (Wildman–Crippen MR) is 157 cm³/mol. The van der Waals surface area contributed by atoms with E-state index >= 15 is 0 Å². The minimum absolute atomic E-state index is 0.0581. The van der Waals surface area contributed by atoms with Crippen LogP contribution in [0.4, 0.5) is 8.78 Å². The molecule has 3 aromatic carbocycles. The number of rotatable bonds is 7. The van der Waals surface area contributed by atoms with Crippen molar-refractivity contribution in [2.24, 2.45) is 0 Å². The van der Waals surface area contributed by atoms with E-state index in [2.05, 4.69) is 20.1 Å². The largest absolute Gasteiger partial charge is 0.586 e. The summed E-state index contributed by atoms with van der Waals surface area (Å²) in [5.41, 5.74) is 2.89. The van der Waals surface area contributed by atoms with Crippen molar-refractivity contribution in [2.45, 2.75) is 75.8 Å². The van der Waals surface area contributed by atoms with Gasteiger partial charge in [-0.15, -0.1) is 8.78 Å². The molecule has 45 heavy (non-hydrogen) atoms. The van der Waals surface area contributed by atoms with E-state index in [1.807, 2.05) is 51.1 Å². The molecule has 1 aliphatic carbocycles. The Labute approximate surface area is 259 Å². The lowest BCUT2D eigenvalue weighted by molar-refractivity contribution is -0.286. The van der Waals surface area contributed by atoms with E-state index in [1.165, 1.54) is 12.1 Å². The minimum Gasteiger partial charge on any atom is -0.485 e. The highest BCUT2D eigenvalue weighted by Crippen LogP contribution is 2.53. The van der Waals surface area contributed by atoms with Crippen LogP contribution in [-0.2, 0) is 19.7 Å². The molecule has 3 heterocycles. The third-order valence-corrected chi connectivity index (χ3v) is 8.79. The van der Waals surface area contributed by atoms with Crippen molar-refractivity contribution < 1.29 is 42.1 Å². The van der Waals surface area contributed by atoms with Gasteiger partial charge in [0.1, 0.15) is 18.0 Å². The molecule has 1 saturated heterocycles. The summed E-state index contributed by atoms with van der Waals surface area (Å²) in [5, 5.41) is 6.16. The minimum atomic E-state index is -3.73. The van der Waals surface area contributed by atoms with Crippen molar-refractivity contribution in [3.63, 3.8) is 0 Å². The third kappa shape index (κ3) is 5.82. The van der Waals surface area contributed by atoms with E-state index in [-0.39, 0.29) is 35.5 Å². The van der Waals surface area contributed by atoms with Crippen LogP contribution in [0.25, 0.3) is 0 Å². The summed E-state index contributed by atoms with van der Waals surface area (Å²) >= 11 is 0. The maximum absolute atomic E-state index is 13.9. The fourth-order valence-electron chi connectivity index (χ4n) is 6.28. The average Bonchev–Trinajstić information content (AvgIpc) is 3.65. The first-order valence-electron chi connectivity index (χ1n) is 15.1. The summed E-state index contributed by atoms with van der Waals surface area (Å²) in [5.74, 6) is -0.588. The van der Waals surface area contributed by atoms with Gasteiger partial charge in [0.15, 0.2) is 17.3 Å². The number of halogens is 2. The van der Waals surface area contributed by atoms with Gasteiger partial charge < -0.3 is 34.3 Å². The number of hydrogen-bond acceptors (Lipinski definition) is 7. The quantitative estimate of drug-likeness (QED) is 0.354. The van der Waals surface area contributed by atoms with E-state index in [0.29, 0.717) is 49.3 Å². The van der Waals surface area contributed by atoms with E-state index in [1.54, 1.807) is 18.2 Å². The molecule has 0 bridgehead atoms. The highest BCUT2D eigenvalue weighted by Gasteiger charge is 2.53. The standard InChI is InChI=1S/C34H34F2N2O7/c1-19-7-9-24-25(38-31(40)33(11-12-33)22-8-10-26-29(15-22)45-34(35,36)44-26)16-27(42-28(24)13-19)20-5-4-6-21(14-20)30(39)37-17-23-18-41-32(2,3)43-23/h4-10,13-15,23,25,27H,11-12,16-18H2,1-3H3,(H,37,39)(H,38,40)/t23-,25-,27-/m1/s1. The molecule has 9 nitrogen and oxygen atoms in total. The van der Waals surface area contributed by atoms with Gasteiger partial charge in [-0.2, -0.15) is 0 Å². The number of aryl methyl sites for hydroxylation is 1. The Morgan fingerprint density at radius 2 is 1.76 bits per heavy atom. The van der Waals surface area contributed by atoms with Gasteiger partial charge in [-0.25, -0.2) is 0 Å². The topological polar surface area (TPSA) is 104 Å². The van der Waals surface area contributed by atoms with Gasteiger partial charge in [-0.3, -0.25) is 9.59 Å². The van der Waals surface area contributed by atoms with Gasteiger partial charge in [0.25, 0.3) is 5.91 Å². The lowest BCUT2D eigenvalue weighted by Gasteiger charge is -2.34. The van der Waals surface area contributed by atoms with Gasteiger partial charge in [-0.1, -0.05) is 30.3 Å². The first-order chi connectivity index (χ1) is 21.4. The fraction of sp³-hybridized carbons (Fsp3) is 0.412. The Hall–Kier alpha value is -4.22. The van der Waals surface area contributed by atoms with Gasteiger partial charge in [0.2, 0.25) is 5.91 Å². The van der Waals surface area contributed by atoms with E-state index in [9.17, 15) is 18.4 Å². The fourth-order valence-corrected chi connectivity index (χ4v) is 6.28. The third-order valence-electron chi connectivity index (χ3n) is 8.79. The second kappa shape index (κ2) is 10.7. The van der Waals surface area contributed by atoms with E-state index in [0.717, 1.165) is 16.7 Å². The van der Waals surface area contributed by atoms with Crippen LogP contribution in [0.1, 0.15) is 77.9 Å². The molecule has 2 fully saturated rings. The molecule has 3 atom stereocenters. The van der Waals surface area contributed by atoms with Crippen molar-refractivity contribution in [2.75, 3.05) is 13.2 Å². The van der Waals surface area contributed by atoms with Crippen molar-refractivity contribution in [3.8, 4) is 17.2 Å². The highest BCUT2D eigenvalue weighted by atomic mass is 19.3. The van der Waals surface area contributed by atoms with Crippen LogP contribution in [-0.4, -0.2) is 43.2 Å². The van der Waals surface area contributed by atoms with Crippen molar-refractivity contribution in [1.82, 2.24) is 10.6 Å². The molecule has 1 saturated carbocycles. The molecule has 0 aromatic heterocycles. The normalized spacial score (nSPS) is 24.7. The molecule has 0 spiro atoms. The molecule has 7 rings (SSSR count).